The quantitative estimate of drug-likeness (QED) is 0.387. The van der Waals surface area contributed by atoms with E-state index in [0.29, 0.717) is 13.1 Å². The number of hydrogen-bond acceptors (Lipinski definition) is 6. The minimum Gasteiger partial charge on any atom is -0.444 e. The van der Waals surface area contributed by atoms with Crippen LogP contribution in [0.5, 0.6) is 0 Å². The molecule has 13 heteroatoms. The first-order valence-corrected chi connectivity index (χ1v) is 16.0. The molecule has 3 aromatic rings. The fourth-order valence-corrected chi connectivity index (χ4v) is 6.93. The Kier molecular flexibility index (Phi) is 9.13. The van der Waals surface area contributed by atoms with Crippen molar-refractivity contribution in [2.45, 2.75) is 37.3 Å². The molecule has 0 saturated carbocycles. The first-order chi connectivity index (χ1) is 21.2. The molecule has 9 nitrogen and oxygen atoms in total. The van der Waals surface area contributed by atoms with E-state index in [0.717, 1.165) is 17.8 Å². The first-order valence-electron chi connectivity index (χ1n) is 14.6. The average molecular weight is 645 g/mol. The largest absolute Gasteiger partial charge is 0.444 e. The van der Waals surface area contributed by atoms with Gasteiger partial charge in [0.2, 0.25) is 10.0 Å². The normalized spacial score (nSPS) is 18.2. The second kappa shape index (κ2) is 12.7. The van der Waals surface area contributed by atoms with E-state index in [1.807, 2.05) is 4.90 Å². The third-order valence-corrected chi connectivity index (χ3v) is 9.67. The van der Waals surface area contributed by atoms with Crippen LogP contribution in [0.4, 0.5) is 23.7 Å². The van der Waals surface area contributed by atoms with Crippen molar-refractivity contribution in [1.82, 2.24) is 14.1 Å². The van der Waals surface area contributed by atoms with Crippen LogP contribution in [-0.4, -0.2) is 85.9 Å². The minimum absolute atomic E-state index is 0.0396. The summed E-state index contributed by atoms with van der Waals surface area (Å²) in [4.78, 5) is 31.5. The molecule has 45 heavy (non-hydrogen) atoms. The molecule has 0 spiro atoms. The maximum atomic E-state index is 14.3. The van der Waals surface area contributed by atoms with Crippen molar-refractivity contribution in [2.75, 3.05) is 50.7 Å². The zero-order chi connectivity index (χ0) is 32.5. The maximum absolute atomic E-state index is 14.3. The van der Waals surface area contributed by atoms with Crippen LogP contribution in [0.15, 0.2) is 71.6 Å². The number of ether oxygens (including phenoxy) is 1. The van der Waals surface area contributed by atoms with E-state index in [4.69, 9.17) is 4.74 Å². The lowest BCUT2D eigenvalue weighted by atomic mass is 10.0. The molecule has 0 bridgehead atoms. The van der Waals surface area contributed by atoms with E-state index in [1.165, 1.54) is 56.6 Å². The van der Waals surface area contributed by atoms with Crippen molar-refractivity contribution in [2.24, 2.45) is 0 Å². The zero-order valence-electron chi connectivity index (χ0n) is 25.3. The highest BCUT2D eigenvalue weighted by atomic mass is 32.2. The number of nitrogens with zero attached hydrogens (tertiary/aromatic N) is 4. The SMILES string of the molecule is CC(C)(C)OC(=O)N1CCN(C(=O)c2cccc(S(=O)(=O)N3CCN(c4ccc(F)cc4)CC3)c2)C(c2ccc(F)c(F)c2)C1. The third kappa shape index (κ3) is 7.25. The summed E-state index contributed by atoms with van der Waals surface area (Å²) in [6.07, 6.45) is -0.602. The molecule has 0 aliphatic carbocycles. The molecule has 2 amide bonds. The first kappa shape index (κ1) is 32.3. The zero-order valence-corrected chi connectivity index (χ0v) is 26.1. The van der Waals surface area contributed by atoms with E-state index in [9.17, 15) is 31.2 Å². The van der Waals surface area contributed by atoms with Gasteiger partial charge in [0.15, 0.2) is 11.6 Å². The van der Waals surface area contributed by atoms with Crippen molar-refractivity contribution in [3.63, 3.8) is 0 Å². The number of piperazine rings is 2. The highest BCUT2D eigenvalue weighted by molar-refractivity contribution is 7.89. The topological polar surface area (TPSA) is 90.5 Å². The van der Waals surface area contributed by atoms with Gasteiger partial charge in [-0.05, 0) is 80.9 Å². The average Bonchev–Trinajstić information content (AvgIpc) is 3.01. The van der Waals surface area contributed by atoms with Crippen molar-refractivity contribution >= 4 is 27.7 Å². The fourth-order valence-electron chi connectivity index (χ4n) is 5.47. The minimum atomic E-state index is -3.96. The molecule has 2 aliphatic heterocycles. The maximum Gasteiger partial charge on any atom is 0.410 e. The summed E-state index contributed by atoms with van der Waals surface area (Å²) in [6, 6.07) is 14.2. The Morgan fingerprint density at radius 3 is 2.16 bits per heavy atom. The van der Waals surface area contributed by atoms with Crippen LogP contribution in [0.3, 0.4) is 0 Å². The molecule has 3 aromatic carbocycles. The molecule has 0 radical (unpaired) electrons. The highest BCUT2D eigenvalue weighted by Crippen LogP contribution is 2.30. The van der Waals surface area contributed by atoms with Gasteiger partial charge in [0.05, 0.1) is 10.9 Å². The van der Waals surface area contributed by atoms with Crippen molar-refractivity contribution in [1.29, 1.82) is 0 Å². The molecule has 2 fully saturated rings. The summed E-state index contributed by atoms with van der Waals surface area (Å²) in [5.41, 5.74) is 0.405. The Bertz CT molecular complexity index is 1670. The molecular weight excluding hydrogens is 609 g/mol. The molecular formula is C32H35F3N4O5S. The van der Waals surface area contributed by atoms with Crippen molar-refractivity contribution in [3.05, 3.63) is 95.3 Å². The number of hydrogen-bond donors (Lipinski definition) is 0. The van der Waals surface area contributed by atoms with Crippen molar-refractivity contribution < 1.29 is 35.9 Å². The second-order valence-corrected chi connectivity index (χ2v) is 13.9. The Morgan fingerprint density at radius 2 is 1.51 bits per heavy atom. The lowest BCUT2D eigenvalue weighted by Gasteiger charge is -2.42. The monoisotopic (exact) mass is 644 g/mol. The van der Waals surface area contributed by atoms with Gasteiger partial charge in [-0.1, -0.05) is 12.1 Å². The van der Waals surface area contributed by atoms with Crippen LogP contribution in [0.2, 0.25) is 0 Å². The number of benzene rings is 3. The Balaban J connectivity index is 1.36. The molecule has 2 saturated heterocycles. The molecule has 0 N–H and O–H groups in total. The predicted molar refractivity (Wildman–Crippen MR) is 162 cm³/mol. The van der Waals surface area contributed by atoms with Gasteiger partial charge in [-0.3, -0.25) is 4.79 Å². The van der Waals surface area contributed by atoms with Crippen LogP contribution in [-0.2, 0) is 14.8 Å². The number of carbonyl (C=O) groups is 2. The number of sulfonamides is 1. The Hall–Kier alpha value is -4.10. The van der Waals surface area contributed by atoms with E-state index in [-0.39, 0.29) is 54.6 Å². The number of halogens is 3. The number of anilines is 1. The number of rotatable bonds is 5. The third-order valence-electron chi connectivity index (χ3n) is 7.77. The molecule has 2 aliphatic rings. The Morgan fingerprint density at radius 1 is 0.822 bits per heavy atom. The standard InChI is InChI=1S/C32H35F3N4O5S/c1-32(2,3)44-31(41)37-15-18-39(29(21-37)22-7-12-27(34)28(35)20-22)30(40)23-5-4-6-26(19-23)45(42,43)38-16-13-36(14-17-38)25-10-8-24(33)9-11-25/h4-12,19-20,29H,13-18,21H2,1-3H3. The van der Waals surface area contributed by atoms with Crippen molar-refractivity contribution in [3.8, 4) is 0 Å². The Labute approximate surface area is 260 Å². The van der Waals surface area contributed by atoms with Crippen LogP contribution in [0, 0.1) is 17.5 Å². The summed E-state index contributed by atoms with van der Waals surface area (Å²) in [6.45, 7) is 6.51. The van der Waals surface area contributed by atoms with Gasteiger partial charge >= 0.3 is 6.09 Å². The van der Waals surface area contributed by atoms with E-state index >= 15 is 0 Å². The molecule has 240 valence electrons. The number of carbonyl (C=O) groups excluding carboxylic acids is 2. The van der Waals surface area contributed by atoms with E-state index in [1.54, 1.807) is 32.9 Å². The van der Waals surface area contributed by atoms with Gasteiger partial charge in [0.1, 0.15) is 11.4 Å². The smallest absolute Gasteiger partial charge is 0.410 e. The van der Waals surface area contributed by atoms with Gasteiger partial charge in [0, 0.05) is 57.1 Å². The molecule has 2 heterocycles. The number of amides is 2. The molecule has 1 atom stereocenters. The van der Waals surface area contributed by atoms with Crippen LogP contribution >= 0.6 is 0 Å². The molecule has 5 rings (SSSR count). The summed E-state index contributed by atoms with van der Waals surface area (Å²) in [5, 5.41) is 0. The van der Waals surface area contributed by atoms with Gasteiger partial charge in [-0.15, -0.1) is 0 Å². The lowest BCUT2D eigenvalue weighted by molar-refractivity contribution is 0.00404. The summed E-state index contributed by atoms with van der Waals surface area (Å²) in [7, 11) is -3.96. The highest BCUT2D eigenvalue weighted by Gasteiger charge is 2.37. The van der Waals surface area contributed by atoms with Gasteiger partial charge in [-0.2, -0.15) is 4.31 Å². The fraction of sp³-hybridized carbons (Fsp3) is 0.375. The van der Waals surface area contributed by atoms with E-state index < -0.39 is 45.3 Å². The van der Waals surface area contributed by atoms with Gasteiger partial charge in [-0.25, -0.2) is 26.4 Å². The van der Waals surface area contributed by atoms with Crippen LogP contribution < -0.4 is 4.90 Å². The van der Waals surface area contributed by atoms with E-state index in [2.05, 4.69) is 0 Å². The van der Waals surface area contributed by atoms with Crippen LogP contribution in [0.1, 0.15) is 42.7 Å². The summed E-state index contributed by atoms with van der Waals surface area (Å²) in [5.74, 6) is -3.02. The molecule has 1 unspecified atom stereocenters. The van der Waals surface area contributed by atoms with Gasteiger partial charge < -0.3 is 19.4 Å². The predicted octanol–water partition coefficient (Wildman–Crippen LogP) is 5.05. The second-order valence-electron chi connectivity index (χ2n) is 12.0. The molecule has 0 aromatic heterocycles. The van der Waals surface area contributed by atoms with Gasteiger partial charge in [0.25, 0.3) is 5.91 Å². The summed E-state index contributed by atoms with van der Waals surface area (Å²) < 4.78 is 75.5. The lowest BCUT2D eigenvalue weighted by Crippen LogP contribution is -2.53. The summed E-state index contributed by atoms with van der Waals surface area (Å²) >= 11 is 0. The van der Waals surface area contributed by atoms with Crippen LogP contribution in [0.25, 0.3) is 0 Å².